The van der Waals surface area contributed by atoms with Crippen molar-refractivity contribution < 1.29 is 14.3 Å². The van der Waals surface area contributed by atoms with Crippen molar-refractivity contribution in [3.05, 3.63) is 47.5 Å². The van der Waals surface area contributed by atoms with E-state index in [4.69, 9.17) is 14.5 Å². The van der Waals surface area contributed by atoms with E-state index in [1.807, 2.05) is 35.4 Å². The topological polar surface area (TPSA) is 76.6 Å². The van der Waals surface area contributed by atoms with Crippen molar-refractivity contribution in [1.29, 1.82) is 0 Å². The smallest absolute Gasteiger partial charge is 0.263 e. The average molecular weight is 396 g/mol. The maximum Gasteiger partial charge on any atom is 0.263 e. The Labute approximate surface area is 171 Å². The number of para-hydroxylation sites is 2. The molecule has 0 spiro atoms. The number of amides is 1. The van der Waals surface area contributed by atoms with Crippen LogP contribution in [0.2, 0.25) is 0 Å². The monoisotopic (exact) mass is 396 g/mol. The van der Waals surface area contributed by atoms with Gasteiger partial charge in [-0.05, 0) is 31.9 Å². The third-order valence-corrected chi connectivity index (χ3v) is 5.65. The van der Waals surface area contributed by atoms with Gasteiger partial charge in [-0.3, -0.25) is 4.79 Å². The van der Waals surface area contributed by atoms with Crippen LogP contribution >= 0.6 is 0 Å². The van der Waals surface area contributed by atoms with Gasteiger partial charge < -0.3 is 19.7 Å². The van der Waals surface area contributed by atoms with Gasteiger partial charge in [-0.25, -0.2) is 9.97 Å². The number of fused-ring (bicyclic) bond motifs is 1. The lowest BCUT2D eigenvalue weighted by molar-refractivity contribution is -0.139. The molecule has 0 aliphatic carbocycles. The predicted octanol–water partition coefficient (Wildman–Crippen LogP) is 2.30. The van der Waals surface area contributed by atoms with E-state index in [1.54, 1.807) is 14.0 Å². The number of carbonyl (C=O) groups excluding carboxylic acids is 1. The first-order valence-corrected chi connectivity index (χ1v) is 10.3. The molecule has 0 radical (unpaired) electrons. The van der Waals surface area contributed by atoms with Crippen molar-refractivity contribution in [2.45, 2.75) is 44.8 Å². The zero-order valence-electron chi connectivity index (χ0n) is 17.1. The molecule has 0 bridgehead atoms. The summed E-state index contributed by atoms with van der Waals surface area (Å²) in [4.78, 5) is 24.3. The number of hydrogen-bond donors (Lipinski definition) is 1. The first-order chi connectivity index (χ1) is 14.2. The average Bonchev–Trinajstić information content (AvgIpc) is 2.78. The molecule has 1 N–H and O–H groups in total. The summed E-state index contributed by atoms with van der Waals surface area (Å²) in [5.74, 6) is 2.23. The van der Waals surface area contributed by atoms with Gasteiger partial charge in [0.25, 0.3) is 5.91 Å². The van der Waals surface area contributed by atoms with Gasteiger partial charge in [0.2, 0.25) is 0 Å². The molecule has 1 aromatic heterocycles. The van der Waals surface area contributed by atoms with Crippen molar-refractivity contribution in [2.75, 3.05) is 26.7 Å². The summed E-state index contributed by atoms with van der Waals surface area (Å²) >= 11 is 0. The van der Waals surface area contributed by atoms with Crippen LogP contribution in [0.15, 0.2) is 30.5 Å². The summed E-state index contributed by atoms with van der Waals surface area (Å²) in [7, 11) is 1.60. The van der Waals surface area contributed by atoms with Crippen molar-refractivity contribution in [3.8, 4) is 11.5 Å². The molecule has 2 aromatic rings. The first-order valence-electron chi connectivity index (χ1n) is 10.3. The summed E-state index contributed by atoms with van der Waals surface area (Å²) in [6.07, 6.45) is 4.24. The van der Waals surface area contributed by atoms with E-state index in [9.17, 15) is 4.79 Å². The van der Waals surface area contributed by atoms with Crippen LogP contribution in [-0.2, 0) is 17.8 Å². The molecule has 1 fully saturated rings. The number of benzene rings is 1. The molecule has 0 unspecified atom stereocenters. The van der Waals surface area contributed by atoms with Gasteiger partial charge in [0.05, 0.1) is 7.11 Å². The third kappa shape index (κ3) is 4.34. The maximum atomic E-state index is 13.0. The standard InChI is InChI=1S/C22H28N4O3/c1-15(29-20-8-4-3-7-19(20)28-2)22(27)26-11-5-6-16(14-26)21-24-13-17-12-23-10-9-18(17)25-21/h3-4,7-8,13,15-16,23H,5-6,9-12,14H2,1-2H3/t15-,16+/m1/s1. The molecule has 154 valence electrons. The molecule has 3 heterocycles. The number of nitrogens with one attached hydrogen (secondary N) is 1. The fraction of sp³-hybridized carbons (Fsp3) is 0.500. The Kier molecular flexibility index (Phi) is 5.94. The van der Waals surface area contributed by atoms with Crippen LogP contribution < -0.4 is 14.8 Å². The lowest BCUT2D eigenvalue weighted by Gasteiger charge is -2.34. The van der Waals surface area contributed by atoms with Crippen LogP contribution in [0, 0.1) is 0 Å². The van der Waals surface area contributed by atoms with Crippen molar-refractivity contribution in [3.63, 3.8) is 0 Å². The second kappa shape index (κ2) is 8.78. The summed E-state index contributed by atoms with van der Waals surface area (Å²) in [5.41, 5.74) is 2.33. The summed E-state index contributed by atoms with van der Waals surface area (Å²) in [6.45, 7) is 4.96. The van der Waals surface area contributed by atoms with Gasteiger partial charge in [-0.1, -0.05) is 12.1 Å². The van der Waals surface area contributed by atoms with Gasteiger partial charge in [-0.15, -0.1) is 0 Å². The number of rotatable bonds is 5. The highest BCUT2D eigenvalue weighted by atomic mass is 16.5. The first kappa shape index (κ1) is 19.6. The molecular formula is C22H28N4O3. The molecular weight excluding hydrogens is 368 g/mol. The molecule has 0 saturated carbocycles. The number of methoxy groups -OCH3 is 1. The summed E-state index contributed by atoms with van der Waals surface area (Å²) in [5, 5.41) is 3.35. The highest BCUT2D eigenvalue weighted by Crippen LogP contribution is 2.29. The van der Waals surface area contributed by atoms with E-state index in [-0.39, 0.29) is 11.8 Å². The number of ether oxygens (including phenoxy) is 2. The number of nitrogens with zero attached hydrogens (tertiary/aromatic N) is 3. The molecule has 29 heavy (non-hydrogen) atoms. The Balaban J connectivity index is 1.43. The van der Waals surface area contributed by atoms with Gasteiger partial charge >= 0.3 is 0 Å². The Hall–Kier alpha value is -2.67. The van der Waals surface area contributed by atoms with E-state index < -0.39 is 6.10 Å². The van der Waals surface area contributed by atoms with Gasteiger partial charge in [0, 0.05) is 56.0 Å². The Morgan fingerprint density at radius 1 is 1.31 bits per heavy atom. The summed E-state index contributed by atoms with van der Waals surface area (Å²) in [6, 6.07) is 7.39. The Morgan fingerprint density at radius 3 is 2.97 bits per heavy atom. The van der Waals surface area contributed by atoms with Crippen molar-refractivity contribution in [2.24, 2.45) is 0 Å². The molecule has 4 rings (SSSR count). The number of piperidine rings is 1. The van der Waals surface area contributed by atoms with E-state index in [2.05, 4.69) is 10.3 Å². The maximum absolute atomic E-state index is 13.0. The van der Waals surface area contributed by atoms with E-state index in [1.165, 1.54) is 5.56 Å². The normalized spacial score (nSPS) is 19.9. The largest absolute Gasteiger partial charge is 0.493 e. The van der Waals surface area contributed by atoms with Crippen LogP contribution in [0.5, 0.6) is 11.5 Å². The number of hydrogen-bond acceptors (Lipinski definition) is 6. The second-order valence-electron chi connectivity index (χ2n) is 7.66. The van der Waals surface area contributed by atoms with Gasteiger partial charge in [0.15, 0.2) is 17.6 Å². The molecule has 1 amide bonds. The highest BCUT2D eigenvalue weighted by molar-refractivity contribution is 5.81. The Bertz CT molecular complexity index is 873. The number of aromatic nitrogens is 2. The highest BCUT2D eigenvalue weighted by Gasteiger charge is 2.30. The molecule has 7 nitrogen and oxygen atoms in total. The van der Waals surface area contributed by atoms with Crippen LogP contribution in [0.4, 0.5) is 0 Å². The van der Waals surface area contributed by atoms with Crippen molar-refractivity contribution >= 4 is 5.91 Å². The minimum absolute atomic E-state index is 0.0113. The van der Waals surface area contributed by atoms with E-state index in [0.717, 1.165) is 50.4 Å². The third-order valence-electron chi connectivity index (χ3n) is 5.65. The zero-order valence-corrected chi connectivity index (χ0v) is 17.1. The number of likely N-dealkylation sites (tertiary alicyclic amines) is 1. The number of carbonyl (C=O) groups is 1. The van der Waals surface area contributed by atoms with E-state index in [0.29, 0.717) is 18.0 Å². The minimum Gasteiger partial charge on any atom is -0.493 e. The lowest BCUT2D eigenvalue weighted by atomic mass is 9.96. The van der Waals surface area contributed by atoms with Crippen molar-refractivity contribution in [1.82, 2.24) is 20.2 Å². The Morgan fingerprint density at radius 2 is 2.14 bits per heavy atom. The molecule has 2 aliphatic rings. The van der Waals surface area contributed by atoms with Crippen LogP contribution in [0.3, 0.4) is 0 Å². The molecule has 2 aliphatic heterocycles. The molecule has 1 saturated heterocycles. The summed E-state index contributed by atoms with van der Waals surface area (Å²) < 4.78 is 11.2. The fourth-order valence-electron chi connectivity index (χ4n) is 4.05. The van der Waals surface area contributed by atoms with Crippen LogP contribution in [0.25, 0.3) is 0 Å². The fourth-order valence-corrected chi connectivity index (χ4v) is 4.05. The quantitative estimate of drug-likeness (QED) is 0.836. The molecule has 7 heteroatoms. The van der Waals surface area contributed by atoms with E-state index >= 15 is 0 Å². The SMILES string of the molecule is COc1ccccc1O[C@H](C)C(=O)N1CCC[C@H](c2ncc3c(n2)CCNC3)C1. The lowest BCUT2D eigenvalue weighted by Crippen LogP contribution is -2.45. The van der Waals surface area contributed by atoms with Crippen LogP contribution in [0.1, 0.15) is 42.8 Å². The molecule has 1 aromatic carbocycles. The minimum atomic E-state index is -0.583. The van der Waals surface area contributed by atoms with Gasteiger partial charge in [0.1, 0.15) is 5.82 Å². The van der Waals surface area contributed by atoms with Gasteiger partial charge in [-0.2, -0.15) is 0 Å². The zero-order chi connectivity index (χ0) is 20.2. The molecule has 2 atom stereocenters. The second-order valence-corrected chi connectivity index (χ2v) is 7.66. The predicted molar refractivity (Wildman–Crippen MR) is 109 cm³/mol. The van der Waals surface area contributed by atoms with Crippen LogP contribution in [-0.4, -0.2) is 53.6 Å².